The fraction of sp³-hybridized carbons (Fsp3) is 1.00. The molecule has 1 saturated carbocycles. The van der Waals surface area contributed by atoms with Crippen molar-refractivity contribution in [3.8, 4) is 0 Å². The molecule has 0 aromatic rings. The van der Waals surface area contributed by atoms with E-state index in [2.05, 4.69) is 13.8 Å². The molecule has 2 saturated heterocycles. The zero-order valence-electron chi connectivity index (χ0n) is 11.8. The van der Waals surface area contributed by atoms with E-state index in [9.17, 15) is 10.2 Å². The van der Waals surface area contributed by atoms with Crippen molar-refractivity contribution in [2.45, 2.75) is 70.2 Å². The lowest BCUT2D eigenvalue weighted by Gasteiger charge is -2.59. The highest BCUT2D eigenvalue weighted by Crippen LogP contribution is 2.62. The van der Waals surface area contributed by atoms with Gasteiger partial charge in [-0.15, -0.1) is 0 Å². The smallest absolute Gasteiger partial charge is 0.0952 e. The maximum atomic E-state index is 10.2. The number of fused-ring (bicyclic) bond motifs is 4. The highest BCUT2D eigenvalue weighted by Gasteiger charge is 2.62. The summed E-state index contributed by atoms with van der Waals surface area (Å²) in [6.07, 6.45) is 4.37. The first kappa shape index (κ1) is 12.9. The molecule has 3 heteroatoms. The van der Waals surface area contributed by atoms with E-state index in [1.54, 1.807) is 0 Å². The molecular formula is C15H26O3. The highest BCUT2D eigenvalue weighted by molar-refractivity contribution is 5.11. The van der Waals surface area contributed by atoms with E-state index in [0.29, 0.717) is 17.3 Å². The molecule has 2 N–H and O–H groups in total. The van der Waals surface area contributed by atoms with Crippen LogP contribution in [0, 0.1) is 17.3 Å². The van der Waals surface area contributed by atoms with Crippen LogP contribution in [-0.2, 0) is 4.74 Å². The Morgan fingerprint density at radius 2 is 1.83 bits per heavy atom. The van der Waals surface area contributed by atoms with E-state index < -0.39 is 5.60 Å². The number of aliphatic hydroxyl groups is 2. The van der Waals surface area contributed by atoms with Gasteiger partial charge in [0.05, 0.1) is 23.9 Å². The molecule has 1 unspecified atom stereocenters. The fourth-order valence-corrected chi connectivity index (χ4v) is 4.81. The number of ether oxygens (including phenoxy) is 1. The van der Waals surface area contributed by atoms with Crippen molar-refractivity contribution in [2.24, 2.45) is 17.3 Å². The Kier molecular flexibility index (Phi) is 2.66. The molecule has 2 bridgehead atoms. The third kappa shape index (κ3) is 1.53. The number of hydrogen-bond acceptors (Lipinski definition) is 3. The SMILES string of the molecule is CC1(C)CC2[C@H]1CC[C@@]1(C)O[C@]2(CO)CC[C@H]1O. The van der Waals surface area contributed by atoms with Gasteiger partial charge in [-0.1, -0.05) is 13.8 Å². The third-order valence-corrected chi connectivity index (χ3v) is 6.11. The second-order valence-electron chi connectivity index (χ2n) is 7.64. The monoisotopic (exact) mass is 254 g/mol. The summed E-state index contributed by atoms with van der Waals surface area (Å²) in [4.78, 5) is 0. The van der Waals surface area contributed by atoms with Gasteiger partial charge in [0, 0.05) is 0 Å². The molecule has 3 aliphatic rings. The van der Waals surface area contributed by atoms with Crippen molar-refractivity contribution in [3.05, 3.63) is 0 Å². The van der Waals surface area contributed by atoms with Gasteiger partial charge >= 0.3 is 0 Å². The predicted molar refractivity (Wildman–Crippen MR) is 69.2 cm³/mol. The maximum absolute atomic E-state index is 10.2. The lowest BCUT2D eigenvalue weighted by Crippen LogP contribution is -2.62. The third-order valence-electron chi connectivity index (χ3n) is 6.11. The van der Waals surface area contributed by atoms with Crippen LogP contribution in [0.25, 0.3) is 0 Å². The van der Waals surface area contributed by atoms with Gasteiger partial charge in [0.25, 0.3) is 0 Å². The zero-order valence-corrected chi connectivity index (χ0v) is 11.8. The van der Waals surface area contributed by atoms with Crippen LogP contribution in [0.1, 0.15) is 52.9 Å². The molecule has 0 aromatic heterocycles. The lowest BCUT2D eigenvalue weighted by molar-refractivity contribution is -0.271. The van der Waals surface area contributed by atoms with Gasteiger partial charge in [-0.05, 0) is 56.3 Å². The van der Waals surface area contributed by atoms with Crippen molar-refractivity contribution >= 4 is 0 Å². The van der Waals surface area contributed by atoms with Gasteiger partial charge in [-0.2, -0.15) is 0 Å². The average molecular weight is 254 g/mol. The van der Waals surface area contributed by atoms with E-state index in [-0.39, 0.29) is 18.3 Å². The molecule has 3 nitrogen and oxygen atoms in total. The van der Waals surface area contributed by atoms with Crippen LogP contribution in [0.15, 0.2) is 0 Å². The van der Waals surface area contributed by atoms with Gasteiger partial charge in [-0.3, -0.25) is 0 Å². The highest BCUT2D eigenvalue weighted by atomic mass is 16.5. The topological polar surface area (TPSA) is 49.7 Å². The summed E-state index contributed by atoms with van der Waals surface area (Å²) in [7, 11) is 0. The van der Waals surface area contributed by atoms with Crippen molar-refractivity contribution < 1.29 is 14.9 Å². The minimum Gasteiger partial charge on any atom is -0.393 e. The molecule has 2 heterocycles. The molecule has 0 amide bonds. The molecule has 0 radical (unpaired) electrons. The maximum Gasteiger partial charge on any atom is 0.0952 e. The van der Waals surface area contributed by atoms with Gasteiger partial charge in [0.15, 0.2) is 0 Å². The van der Waals surface area contributed by atoms with Gasteiger partial charge < -0.3 is 14.9 Å². The molecule has 104 valence electrons. The van der Waals surface area contributed by atoms with Gasteiger partial charge in [-0.25, -0.2) is 0 Å². The first-order valence-electron chi connectivity index (χ1n) is 7.32. The van der Waals surface area contributed by atoms with Gasteiger partial charge in [0.1, 0.15) is 0 Å². The minimum atomic E-state index is -0.450. The Bertz CT molecular complexity index is 354. The second kappa shape index (κ2) is 3.71. The number of aliphatic hydroxyl groups excluding tert-OH is 2. The first-order chi connectivity index (χ1) is 8.33. The summed E-state index contributed by atoms with van der Waals surface area (Å²) in [5, 5.41) is 20.1. The molecule has 3 fully saturated rings. The summed E-state index contributed by atoms with van der Waals surface area (Å²) in [6, 6.07) is 0. The van der Waals surface area contributed by atoms with E-state index in [1.165, 1.54) is 0 Å². The van der Waals surface area contributed by atoms with Crippen LogP contribution in [-0.4, -0.2) is 34.1 Å². The fourth-order valence-electron chi connectivity index (χ4n) is 4.81. The van der Waals surface area contributed by atoms with Gasteiger partial charge in [0.2, 0.25) is 0 Å². The number of hydrogen-bond donors (Lipinski definition) is 2. The minimum absolute atomic E-state index is 0.104. The molecule has 3 rings (SSSR count). The Balaban J connectivity index is 1.96. The second-order valence-corrected chi connectivity index (χ2v) is 7.64. The summed E-state index contributed by atoms with van der Waals surface area (Å²) in [5.74, 6) is 1.11. The molecule has 0 aromatic carbocycles. The standard InChI is InChI=1S/C15H26O3/c1-13(2)8-11-10(13)4-6-14(3)12(17)5-7-15(11,9-16)18-14/h10-12,16-17H,4-9H2,1-3H3/t10-,11?,12-,14-,15+/m1/s1. The molecule has 1 aliphatic carbocycles. The van der Waals surface area contributed by atoms with Crippen molar-refractivity contribution in [2.75, 3.05) is 6.61 Å². The van der Waals surface area contributed by atoms with Crippen LogP contribution >= 0.6 is 0 Å². The van der Waals surface area contributed by atoms with E-state index in [4.69, 9.17) is 4.74 Å². The molecule has 5 atom stereocenters. The zero-order chi connectivity index (χ0) is 13.2. The van der Waals surface area contributed by atoms with Crippen LogP contribution in [0.2, 0.25) is 0 Å². The van der Waals surface area contributed by atoms with Crippen LogP contribution in [0.4, 0.5) is 0 Å². The van der Waals surface area contributed by atoms with E-state index >= 15 is 0 Å². The van der Waals surface area contributed by atoms with Crippen molar-refractivity contribution in [1.82, 2.24) is 0 Å². The van der Waals surface area contributed by atoms with E-state index in [0.717, 1.165) is 32.1 Å². The largest absolute Gasteiger partial charge is 0.393 e. The quantitative estimate of drug-likeness (QED) is 0.753. The lowest BCUT2D eigenvalue weighted by atomic mass is 9.50. The van der Waals surface area contributed by atoms with E-state index in [1.807, 2.05) is 6.92 Å². The molecule has 2 aliphatic heterocycles. The number of rotatable bonds is 1. The van der Waals surface area contributed by atoms with Crippen LogP contribution in [0.3, 0.4) is 0 Å². The Hall–Kier alpha value is -0.120. The first-order valence-corrected chi connectivity index (χ1v) is 7.32. The van der Waals surface area contributed by atoms with Crippen LogP contribution < -0.4 is 0 Å². The molecule has 0 spiro atoms. The normalized spacial score (nSPS) is 54.2. The summed E-state index contributed by atoms with van der Waals surface area (Å²) >= 11 is 0. The Morgan fingerprint density at radius 3 is 2.44 bits per heavy atom. The van der Waals surface area contributed by atoms with Crippen LogP contribution in [0.5, 0.6) is 0 Å². The summed E-state index contributed by atoms with van der Waals surface area (Å²) in [6.45, 7) is 6.78. The average Bonchev–Trinajstić information content (AvgIpc) is 2.39. The Morgan fingerprint density at radius 1 is 1.11 bits per heavy atom. The van der Waals surface area contributed by atoms with Crippen molar-refractivity contribution in [1.29, 1.82) is 0 Å². The Labute approximate surface area is 110 Å². The summed E-state index contributed by atoms with van der Waals surface area (Å²) < 4.78 is 6.31. The summed E-state index contributed by atoms with van der Waals surface area (Å²) in [5.41, 5.74) is -0.464. The van der Waals surface area contributed by atoms with Crippen molar-refractivity contribution in [3.63, 3.8) is 0 Å². The predicted octanol–water partition coefficient (Wildman–Crippen LogP) is 2.10. The molecule has 18 heavy (non-hydrogen) atoms. The molecular weight excluding hydrogens is 228 g/mol.